The number of benzene rings is 1. The summed E-state index contributed by atoms with van der Waals surface area (Å²) in [5.74, 6) is 3.87. The Kier molecular flexibility index (Phi) is 5.13. The van der Waals surface area contributed by atoms with E-state index in [1.807, 2.05) is 0 Å². The smallest absolute Gasteiger partial charge is 0.255 e. The average molecular weight is 456 g/mol. The van der Waals surface area contributed by atoms with Crippen molar-refractivity contribution >= 4 is 23.4 Å². The van der Waals surface area contributed by atoms with Gasteiger partial charge in [0.25, 0.3) is 5.91 Å². The van der Waals surface area contributed by atoms with Gasteiger partial charge in [0.15, 0.2) is 0 Å². The number of likely N-dealkylation sites (tertiary alicyclic amines) is 1. The van der Waals surface area contributed by atoms with E-state index in [1.165, 1.54) is 4.90 Å². The average Bonchev–Trinajstić information content (AvgIpc) is 3.54. The van der Waals surface area contributed by atoms with Crippen molar-refractivity contribution in [1.82, 2.24) is 15.2 Å². The van der Waals surface area contributed by atoms with Gasteiger partial charge in [0, 0.05) is 23.0 Å². The predicted octanol–water partition coefficient (Wildman–Crippen LogP) is 3.81. The topological polar surface area (TPSA) is 62.3 Å². The molecule has 4 atom stereocenters. The number of carbonyl (C=O) groups is 2. The fourth-order valence-electron chi connectivity index (χ4n) is 4.51. The standard InChI is InChI=1S/C24H20ClF2N3O2/c1-12-8-15(6-7-28-12)24(32)30-20-5-4-14(20)9-21(30)23(31)29-22(13-2-3-13)16-10-19(27)17(25)11-18(16)26/h6-8,10-11,13-14,20-22H,2-3,9H2,1H3,(H,29,31)/t14-,20-,21-,22-/m1/s1. The van der Waals surface area contributed by atoms with E-state index in [1.54, 1.807) is 25.3 Å². The summed E-state index contributed by atoms with van der Waals surface area (Å²) in [4.78, 5) is 32.2. The molecule has 32 heavy (non-hydrogen) atoms. The van der Waals surface area contributed by atoms with Crippen molar-refractivity contribution in [2.45, 2.75) is 44.3 Å². The van der Waals surface area contributed by atoms with E-state index in [9.17, 15) is 18.4 Å². The molecule has 0 unspecified atom stereocenters. The highest BCUT2D eigenvalue weighted by molar-refractivity contribution is 6.30. The van der Waals surface area contributed by atoms with Gasteiger partial charge >= 0.3 is 0 Å². The summed E-state index contributed by atoms with van der Waals surface area (Å²) in [7, 11) is 0. The van der Waals surface area contributed by atoms with Crippen LogP contribution in [0.15, 0.2) is 30.5 Å². The van der Waals surface area contributed by atoms with Crippen LogP contribution in [0.25, 0.3) is 0 Å². The number of nitrogens with one attached hydrogen (secondary N) is 1. The van der Waals surface area contributed by atoms with Gasteiger partial charge in [-0.2, -0.15) is 0 Å². The molecule has 2 fully saturated rings. The molecule has 2 aromatic rings. The molecular formula is C24H20ClF2N3O2. The molecule has 1 N–H and O–H groups in total. The Labute approximate surface area is 189 Å². The van der Waals surface area contributed by atoms with Gasteiger partial charge in [-0.15, -0.1) is 0 Å². The molecule has 0 bridgehead atoms. The van der Waals surface area contributed by atoms with Crippen molar-refractivity contribution in [3.05, 3.63) is 63.9 Å². The predicted molar refractivity (Wildman–Crippen MR) is 114 cm³/mol. The first-order valence-electron chi connectivity index (χ1n) is 10.5. The number of hydrogen-bond donors (Lipinski definition) is 1. The van der Waals surface area contributed by atoms with Crippen LogP contribution in [0.4, 0.5) is 8.78 Å². The fourth-order valence-corrected chi connectivity index (χ4v) is 4.66. The van der Waals surface area contributed by atoms with E-state index in [-0.39, 0.29) is 34.4 Å². The molecule has 2 amide bonds. The number of hydrogen-bond acceptors (Lipinski definition) is 3. The number of aromatic nitrogens is 1. The molecule has 1 aromatic carbocycles. The van der Waals surface area contributed by atoms with E-state index in [4.69, 9.17) is 11.6 Å². The number of carbonyl (C=O) groups excluding carboxylic acids is 2. The van der Waals surface area contributed by atoms with Crippen LogP contribution >= 0.6 is 11.6 Å². The summed E-state index contributed by atoms with van der Waals surface area (Å²) in [5, 5.41) is 2.59. The Bertz CT molecular complexity index is 1190. The fraction of sp³-hybridized carbons (Fsp3) is 0.375. The van der Waals surface area contributed by atoms with Crippen molar-refractivity contribution in [3.8, 4) is 11.8 Å². The molecule has 0 spiro atoms. The molecule has 2 aliphatic carbocycles. The molecule has 1 aliphatic heterocycles. The number of pyridine rings is 1. The summed E-state index contributed by atoms with van der Waals surface area (Å²) >= 11 is 5.69. The first-order chi connectivity index (χ1) is 15.3. The Morgan fingerprint density at radius 1 is 1.22 bits per heavy atom. The van der Waals surface area contributed by atoms with Gasteiger partial charge in [-0.25, -0.2) is 8.78 Å². The molecule has 3 aliphatic rings. The number of fused-ring (bicyclic) bond motifs is 1. The van der Waals surface area contributed by atoms with Gasteiger partial charge in [0.05, 0.1) is 17.0 Å². The van der Waals surface area contributed by atoms with E-state index >= 15 is 0 Å². The van der Waals surface area contributed by atoms with E-state index in [2.05, 4.69) is 22.1 Å². The summed E-state index contributed by atoms with van der Waals surface area (Å²) in [5.41, 5.74) is 1.21. The molecule has 5 rings (SSSR count). The zero-order valence-corrected chi connectivity index (χ0v) is 18.0. The quantitative estimate of drug-likeness (QED) is 0.551. The highest BCUT2D eigenvalue weighted by Crippen LogP contribution is 2.43. The highest BCUT2D eigenvalue weighted by Gasteiger charge is 2.49. The maximum Gasteiger partial charge on any atom is 0.255 e. The number of aryl methyl sites for hydroxylation is 1. The van der Waals surface area contributed by atoms with Crippen molar-refractivity contribution in [1.29, 1.82) is 0 Å². The van der Waals surface area contributed by atoms with Crippen LogP contribution in [0.3, 0.4) is 0 Å². The largest absolute Gasteiger partial charge is 0.347 e. The van der Waals surface area contributed by atoms with Crippen LogP contribution in [0, 0.1) is 42.2 Å². The van der Waals surface area contributed by atoms with Crippen LogP contribution in [0.1, 0.15) is 46.9 Å². The maximum absolute atomic E-state index is 14.6. The molecule has 1 aromatic heterocycles. The second-order valence-electron chi connectivity index (χ2n) is 8.60. The molecule has 2 heterocycles. The van der Waals surface area contributed by atoms with Crippen molar-refractivity contribution in [2.75, 3.05) is 0 Å². The SMILES string of the molecule is Cc1cc(C(=O)N2[C@@H](C(=O)N[C@@H](c3cc(F)c(Cl)cc3F)C3CC3)C[C@H]3C#C[C@H]32)ccn1. The zero-order valence-electron chi connectivity index (χ0n) is 17.2. The van der Waals surface area contributed by atoms with Crippen LogP contribution in [0.2, 0.25) is 5.02 Å². The molecule has 0 radical (unpaired) electrons. The minimum absolute atomic E-state index is 0.00963. The van der Waals surface area contributed by atoms with Gasteiger partial charge < -0.3 is 10.2 Å². The molecular weight excluding hydrogens is 436 g/mol. The number of rotatable bonds is 5. The molecule has 1 saturated heterocycles. The minimum atomic E-state index is -0.755. The zero-order chi connectivity index (χ0) is 22.6. The molecule has 5 nitrogen and oxygen atoms in total. The lowest BCUT2D eigenvalue weighted by molar-refractivity contribution is -0.126. The monoisotopic (exact) mass is 455 g/mol. The van der Waals surface area contributed by atoms with Gasteiger partial charge in [-0.3, -0.25) is 14.6 Å². The van der Waals surface area contributed by atoms with Crippen LogP contribution in [-0.4, -0.2) is 33.8 Å². The van der Waals surface area contributed by atoms with Gasteiger partial charge in [-0.05, 0) is 56.4 Å². The van der Waals surface area contributed by atoms with Crippen molar-refractivity contribution < 1.29 is 18.4 Å². The Balaban J connectivity index is 1.41. The number of amides is 2. The lowest BCUT2D eigenvalue weighted by Gasteiger charge is -2.30. The van der Waals surface area contributed by atoms with E-state index in [0.717, 1.165) is 25.0 Å². The summed E-state index contributed by atoms with van der Waals surface area (Å²) in [6, 6.07) is 3.50. The van der Waals surface area contributed by atoms with Crippen LogP contribution < -0.4 is 5.32 Å². The van der Waals surface area contributed by atoms with Gasteiger partial charge in [0.1, 0.15) is 23.7 Å². The second-order valence-corrected chi connectivity index (χ2v) is 9.01. The van der Waals surface area contributed by atoms with Crippen molar-refractivity contribution in [3.63, 3.8) is 0 Å². The van der Waals surface area contributed by atoms with Crippen LogP contribution in [-0.2, 0) is 4.79 Å². The lowest BCUT2D eigenvalue weighted by Crippen LogP contribution is -2.50. The summed E-state index contributed by atoms with van der Waals surface area (Å²) in [6.07, 6.45) is 3.56. The van der Waals surface area contributed by atoms with Crippen molar-refractivity contribution in [2.24, 2.45) is 11.8 Å². The first kappa shape index (κ1) is 20.9. The number of halogens is 3. The number of nitrogens with zero attached hydrogens (tertiary/aromatic N) is 2. The Hall–Kier alpha value is -2.98. The third-order valence-electron chi connectivity index (χ3n) is 6.36. The third-order valence-corrected chi connectivity index (χ3v) is 6.65. The summed E-state index contributed by atoms with van der Waals surface area (Å²) in [6.45, 7) is 1.79. The van der Waals surface area contributed by atoms with Gasteiger partial charge in [-0.1, -0.05) is 23.4 Å². The highest BCUT2D eigenvalue weighted by atomic mass is 35.5. The minimum Gasteiger partial charge on any atom is -0.347 e. The maximum atomic E-state index is 14.6. The van der Waals surface area contributed by atoms with Crippen LogP contribution in [0.5, 0.6) is 0 Å². The first-order valence-corrected chi connectivity index (χ1v) is 10.9. The van der Waals surface area contributed by atoms with E-state index < -0.39 is 29.6 Å². The van der Waals surface area contributed by atoms with Gasteiger partial charge in [0.2, 0.25) is 5.91 Å². The molecule has 164 valence electrons. The summed E-state index contributed by atoms with van der Waals surface area (Å²) < 4.78 is 28.7. The Morgan fingerprint density at radius 3 is 2.66 bits per heavy atom. The molecule has 8 heteroatoms. The van der Waals surface area contributed by atoms with E-state index in [0.29, 0.717) is 17.7 Å². The Morgan fingerprint density at radius 2 is 2.00 bits per heavy atom. The normalized spacial score (nSPS) is 24.1. The third kappa shape index (κ3) is 3.63. The lowest BCUT2D eigenvalue weighted by atomic mass is 9.92. The molecule has 1 saturated carbocycles. The second kappa shape index (κ2) is 7.86.